The van der Waals surface area contributed by atoms with E-state index < -0.39 is 0 Å². The molecule has 0 radical (unpaired) electrons. The number of aryl methyl sites for hydroxylation is 2. The van der Waals surface area contributed by atoms with Crippen molar-refractivity contribution >= 4 is 0 Å². The summed E-state index contributed by atoms with van der Waals surface area (Å²) in [4.78, 5) is 0. The first-order valence-corrected chi connectivity index (χ1v) is 5.68. The van der Waals surface area contributed by atoms with Gasteiger partial charge in [-0.05, 0) is 37.0 Å². The van der Waals surface area contributed by atoms with Crippen LogP contribution < -0.4 is 5.32 Å². The molecule has 90 valence electrons. The van der Waals surface area contributed by atoms with Crippen molar-refractivity contribution in [2.24, 2.45) is 0 Å². The van der Waals surface area contributed by atoms with Crippen LogP contribution in [0.25, 0.3) is 0 Å². The van der Waals surface area contributed by atoms with E-state index >= 15 is 0 Å². The van der Waals surface area contributed by atoms with Crippen molar-refractivity contribution in [3.63, 3.8) is 0 Å². The predicted octanol–water partition coefficient (Wildman–Crippen LogP) is 1.14. The van der Waals surface area contributed by atoms with Gasteiger partial charge in [0, 0.05) is 19.2 Å². The van der Waals surface area contributed by atoms with Crippen molar-refractivity contribution in [3.05, 3.63) is 34.9 Å². The van der Waals surface area contributed by atoms with Crippen LogP contribution in [0.3, 0.4) is 0 Å². The molecule has 16 heavy (non-hydrogen) atoms. The first-order chi connectivity index (χ1) is 7.67. The number of hydrogen-bond donors (Lipinski definition) is 3. The molecule has 1 aromatic carbocycles. The summed E-state index contributed by atoms with van der Waals surface area (Å²) < 4.78 is 0. The van der Waals surface area contributed by atoms with E-state index in [9.17, 15) is 0 Å². The number of hydrogen-bond acceptors (Lipinski definition) is 3. The maximum absolute atomic E-state index is 9.06. The van der Waals surface area contributed by atoms with Gasteiger partial charge in [0.1, 0.15) is 0 Å². The topological polar surface area (TPSA) is 52.5 Å². The Hall–Kier alpha value is -0.900. The van der Waals surface area contributed by atoms with E-state index in [-0.39, 0.29) is 19.3 Å². The van der Waals surface area contributed by atoms with Gasteiger partial charge in [-0.1, -0.05) is 18.2 Å². The number of rotatable bonds is 6. The molecular weight excluding hydrogens is 202 g/mol. The summed E-state index contributed by atoms with van der Waals surface area (Å²) in [5.41, 5.74) is 3.78. The third-order valence-corrected chi connectivity index (χ3v) is 2.86. The fourth-order valence-electron chi connectivity index (χ4n) is 1.59. The molecule has 0 aliphatic heterocycles. The van der Waals surface area contributed by atoms with Gasteiger partial charge in [0.25, 0.3) is 0 Å². The zero-order valence-electron chi connectivity index (χ0n) is 10.0. The standard InChI is InChI=1S/C13H21NO2/c1-10-3-4-12(7-11(10)2)8-14-13(9-16)5-6-15/h3-4,7,13-16H,5-6,8-9H2,1-2H3. The summed E-state index contributed by atoms with van der Waals surface area (Å²) in [5, 5.41) is 21.1. The highest BCUT2D eigenvalue weighted by Crippen LogP contribution is 2.09. The number of aliphatic hydroxyl groups is 2. The second-order valence-corrected chi connectivity index (χ2v) is 4.19. The molecule has 0 heterocycles. The average molecular weight is 223 g/mol. The summed E-state index contributed by atoms with van der Waals surface area (Å²) >= 11 is 0. The molecular formula is C13H21NO2. The van der Waals surface area contributed by atoms with Crippen molar-refractivity contribution < 1.29 is 10.2 Å². The van der Waals surface area contributed by atoms with Gasteiger partial charge in [-0.2, -0.15) is 0 Å². The molecule has 3 N–H and O–H groups in total. The molecule has 1 rings (SSSR count). The molecule has 1 atom stereocenters. The zero-order chi connectivity index (χ0) is 12.0. The maximum Gasteiger partial charge on any atom is 0.0585 e. The zero-order valence-corrected chi connectivity index (χ0v) is 10.0. The van der Waals surface area contributed by atoms with Crippen molar-refractivity contribution in [2.75, 3.05) is 13.2 Å². The van der Waals surface area contributed by atoms with Crippen LogP contribution in [0.15, 0.2) is 18.2 Å². The van der Waals surface area contributed by atoms with Gasteiger partial charge in [-0.25, -0.2) is 0 Å². The minimum absolute atomic E-state index is 0.0217. The summed E-state index contributed by atoms with van der Waals surface area (Å²) in [6.07, 6.45) is 0.585. The molecule has 0 aliphatic carbocycles. The van der Waals surface area contributed by atoms with Crippen LogP contribution in [0.1, 0.15) is 23.1 Å². The van der Waals surface area contributed by atoms with E-state index in [4.69, 9.17) is 10.2 Å². The van der Waals surface area contributed by atoms with Gasteiger partial charge in [0.15, 0.2) is 0 Å². The molecule has 0 saturated carbocycles. The molecule has 3 nitrogen and oxygen atoms in total. The minimum Gasteiger partial charge on any atom is -0.396 e. The summed E-state index contributed by atoms with van der Waals surface area (Å²) in [7, 11) is 0. The molecule has 0 spiro atoms. The summed E-state index contributed by atoms with van der Waals surface area (Å²) in [6, 6.07) is 6.32. The first-order valence-electron chi connectivity index (χ1n) is 5.68. The molecule has 0 bridgehead atoms. The predicted molar refractivity (Wildman–Crippen MR) is 65.3 cm³/mol. The Labute approximate surface area is 97.1 Å². The van der Waals surface area contributed by atoms with E-state index in [2.05, 4.69) is 37.4 Å². The lowest BCUT2D eigenvalue weighted by Gasteiger charge is -2.15. The Balaban J connectivity index is 2.50. The normalized spacial score (nSPS) is 12.8. The Kier molecular flexibility index (Phi) is 5.46. The molecule has 0 saturated heterocycles. The van der Waals surface area contributed by atoms with Crippen molar-refractivity contribution in [1.29, 1.82) is 0 Å². The highest BCUT2D eigenvalue weighted by Gasteiger charge is 2.05. The molecule has 0 aliphatic rings. The van der Waals surface area contributed by atoms with Gasteiger partial charge < -0.3 is 15.5 Å². The third-order valence-electron chi connectivity index (χ3n) is 2.86. The van der Waals surface area contributed by atoms with Gasteiger partial charge in [-0.3, -0.25) is 0 Å². The van der Waals surface area contributed by atoms with Crippen LogP contribution in [0, 0.1) is 13.8 Å². The smallest absolute Gasteiger partial charge is 0.0585 e. The van der Waals surface area contributed by atoms with Crippen molar-refractivity contribution in [3.8, 4) is 0 Å². The van der Waals surface area contributed by atoms with Gasteiger partial charge in [0.2, 0.25) is 0 Å². The SMILES string of the molecule is Cc1ccc(CNC(CO)CCO)cc1C. The number of nitrogens with one attached hydrogen (secondary N) is 1. The summed E-state index contributed by atoms with van der Waals surface area (Å²) in [5.74, 6) is 0. The van der Waals surface area contributed by atoms with E-state index in [1.807, 2.05) is 0 Å². The van der Waals surface area contributed by atoms with Crippen LogP contribution in [-0.4, -0.2) is 29.5 Å². The van der Waals surface area contributed by atoms with Crippen molar-refractivity contribution in [1.82, 2.24) is 5.32 Å². The third kappa shape index (κ3) is 3.93. The molecule has 0 fully saturated rings. The largest absolute Gasteiger partial charge is 0.396 e. The van der Waals surface area contributed by atoms with E-state index in [0.717, 1.165) is 6.54 Å². The first kappa shape index (κ1) is 13.2. The van der Waals surface area contributed by atoms with Gasteiger partial charge >= 0.3 is 0 Å². The van der Waals surface area contributed by atoms with Crippen LogP contribution >= 0.6 is 0 Å². The van der Waals surface area contributed by atoms with Gasteiger partial charge in [-0.15, -0.1) is 0 Å². The second kappa shape index (κ2) is 6.63. The number of aliphatic hydroxyl groups excluding tert-OH is 2. The highest BCUT2D eigenvalue weighted by atomic mass is 16.3. The Bertz CT molecular complexity index is 326. The summed E-state index contributed by atoms with van der Waals surface area (Å²) in [6.45, 7) is 5.08. The monoisotopic (exact) mass is 223 g/mol. The lowest BCUT2D eigenvalue weighted by atomic mass is 10.1. The lowest BCUT2D eigenvalue weighted by molar-refractivity contribution is 0.200. The second-order valence-electron chi connectivity index (χ2n) is 4.19. The van der Waals surface area contributed by atoms with Crippen molar-refractivity contribution in [2.45, 2.75) is 32.9 Å². The Morgan fingerprint density at radius 2 is 1.94 bits per heavy atom. The van der Waals surface area contributed by atoms with E-state index in [1.54, 1.807) is 0 Å². The lowest BCUT2D eigenvalue weighted by Crippen LogP contribution is -2.32. The molecule has 1 aromatic rings. The fourth-order valence-corrected chi connectivity index (χ4v) is 1.59. The van der Waals surface area contributed by atoms with Crippen LogP contribution in [0.4, 0.5) is 0 Å². The van der Waals surface area contributed by atoms with Crippen LogP contribution in [0.5, 0.6) is 0 Å². The quantitative estimate of drug-likeness (QED) is 0.678. The fraction of sp³-hybridized carbons (Fsp3) is 0.538. The van der Waals surface area contributed by atoms with E-state index in [0.29, 0.717) is 6.42 Å². The number of benzene rings is 1. The minimum atomic E-state index is -0.0217. The molecule has 0 aromatic heterocycles. The Morgan fingerprint density at radius 1 is 1.19 bits per heavy atom. The van der Waals surface area contributed by atoms with Gasteiger partial charge in [0.05, 0.1) is 6.61 Å². The highest BCUT2D eigenvalue weighted by molar-refractivity contribution is 5.29. The molecule has 0 amide bonds. The van der Waals surface area contributed by atoms with Crippen LogP contribution in [-0.2, 0) is 6.54 Å². The Morgan fingerprint density at radius 3 is 2.50 bits per heavy atom. The molecule has 1 unspecified atom stereocenters. The van der Waals surface area contributed by atoms with Crippen LogP contribution in [0.2, 0.25) is 0 Å². The molecule has 3 heteroatoms. The maximum atomic E-state index is 9.06. The van der Waals surface area contributed by atoms with E-state index in [1.165, 1.54) is 16.7 Å². The average Bonchev–Trinajstić information content (AvgIpc) is 2.28.